The van der Waals surface area contributed by atoms with Crippen LogP contribution in [0.2, 0.25) is 0 Å². The summed E-state index contributed by atoms with van der Waals surface area (Å²) in [7, 11) is 1.57. The zero-order valence-electron chi connectivity index (χ0n) is 13.5. The van der Waals surface area contributed by atoms with Gasteiger partial charge in [0, 0.05) is 17.9 Å². The number of carbonyl (C=O) groups excluding carboxylic acids is 2. The molecule has 2 amide bonds. The van der Waals surface area contributed by atoms with E-state index in [0.717, 1.165) is 5.56 Å². The van der Waals surface area contributed by atoms with Crippen LogP contribution in [0.25, 0.3) is 0 Å². The van der Waals surface area contributed by atoms with Crippen molar-refractivity contribution in [1.82, 2.24) is 0 Å². The van der Waals surface area contributed by atoms with Gasteiger partial charge < -0.3 is 15.0 Å². The number of anilines is 2. The van der Waals surface area contributed by atoms with E-state index in [-0.39, 0.29) is 0 Å². The van der Waals surface area contributed by atoms with Gasteiger partial charge in [-0.3, -0.25) is 9.59 Å². The summed E-state index contributed by atoms with van der Waals surface area (Å²) in [6, 6.07) is 14.3. The molecule has 0 atom stereocenters. The van der Waals surface area contributed by atoms with Crippen LogP contribution in [0.3, 0.4) is 0 Å². The third-order valence-corrected chi connectivity index (χ3v) is 3.42. The molecular weight excluding hydrogens is 292 g/mol. The third kappa shape index (κ3) is 4.10. The number of aryl methyl sites for hydroxylation is 1. The van der Waals surface area contributed by atoms with Crippen molar-refractivity contribution in [2.24, 2.45) is 0 Å². The van der Waals surface area contributed by atoms with Crippen LogP contribution in [-0.4, -0.2) is 25.5 Å². The molecule has 0 saturated heterocycles. The molecule has 0 radical (unpaired) electrons. The number of methoxy groups -OCH3 is 1. The van der Waals surface area contributed by atoms with Gasteiger partial charge in [0.05, 0.1) is 7.11 Å². The second kappa shape index (κ2) is 7.45. The molecule has 0 aromatic heterocycles. The van der Waals surface area contributed by atoms with Crippen LogP contribution in [0.15, 0.2) is 48.5 Å². The number of amides is 2. The summed E-state index contributed by atoms with van der Waals surface area (Å²) in [5.74, 6) is -0.572. The fourth-order valence-corrected chi connectivity index (χ4v) is 2.22. The van der Waals surface area contributed by atoms with Crippen molar-refractivity contribution in [3.05, 3.63) is 54.1 Å². The normalized spacial score (nSPS) is 10.0. The smallest absolute Gasteiger partial charge is 0.316 e. The van der Waals surface area contributed by atoms with Gasteiger partial charge in [0.25, 0.3) is 0 Å². The molecule has 2 aromatic rings. The molecule has 1 N–H and O–H groups in total. The average Bonchev–Trinajstić information content (AvgIpc) is 2.56. The van der Waals surface area contributed by atoms with Crippen molar-refractivity contribution in [2.75, 3.05) is 23.9 Å². The molecule has 0 fully saturated rings. The standard InChI is InChI=1S/C18H20N2O3/c1-4-20(15-7-5-6-13(2)12-15)18(22)17(21)19-14-8-10-16(23-3)11-9-14/h5-12H,4H2,1-3H3,(H,19,21). The van der Waals surface area contributed by atoms with Crippen LogP contribution < -0.4 is 15.0 Å². The third-order valence-electron chi connectivity index (χ3n) is 3.42. The lowest BCUT2D eigenvalue weighted by Gasteiger charge is -2.20. The summed E-state index contributed by atoms with van der Waals surface area (Å²) >= 11 is 0. The van der Waals surface area contributed by atoms with Crippen LogP contribution >= 0.6 is 0 Å². The van der Waals surface area contributed by atoms with E-state index in [1.54, 1.807) is 31.4 Å². The van der Waals surface area contributed by atoms with Crippen LogP contribution in [0.1, 0.15) is 12.5 Å². The number of benzene rings is 2. The minimum Gasteiger partial charge on any atom is -0.497 e. The van der Waals surface area contributed by atoms with Crippen LogP contribution in [0, 0.1) is 6.92 Å². The number of rotatable bonds is 4. The maximum atomic E-state index is 12.4. The number of likely N-dealkylation sites (N-methyl/N-ethyl adjacent to an activating group) is 1. The molecule has 0 unspecified atom stereocenters. The molecule has 0 spiro atoms. The van der Waals surface area contributed by atoms with Gasteiger partial charge in [-0.15, -0.1) is 0 Å². The van der Waals surface area contributed by atoms with E-state index in [2.05, 4.69) is 5.32 Å². The highest BCUT2D eigenvalue weighted by atomic mass is 16.5. The lowest BCUT2D eigenvalue weighted by atomic mass is 10.2. The van der Waals surface area contributed by atoms with E-state index in [4.69, 9.17) is 4.74 Å². The molecule has 0 heterocycles. The van der Waals surface area contributed by atoms with Gasteiger partial charge in [0.15, 0.2) is 0 Å². The SMILES string of the molecule is CCN(C(=O)C(=O)Nc1ccc(OC)cc1)c1cccc(C)c1. The van der Waals surface area contributed by atoms with E-state index < -0.39 is 11.8 Å². The molecule has 120 valence electrons. The molecule has 0 aliphatic carbocycles. The second-order valence-electron chi connectivity index (χ2n) is 5.07. The molecule has 0 bridgehead atoms. The van der Waals surface area contributed by atoms with Crippen molar-refractivity contribution >= 4 is 23.2 Å². The summed E-state index contributed by atoms with van der Waals surface area (Å²) in [4.78, 5) is 26.0. The number of hydrogen-bond donors (Lipinski definition) is 1. The van der Waals surface area contributed by atoms with Crippen molar-refractivity contribution in [1.29, 1.82) is 0 Å². The molecule has 5 heteroatoms. The van der Waals surface area contributed by atoms with Crippen molar-refractivity contribution < 1.29 is 14.3 Å². The van der Waals surface area contributed by atoms with E-state index in [0.29, 0.717) is 23.7 Å². The Balaban J connectivity index is 2.11. The first-order chi connectivity index (χ1) is 11.0. The number of hydrogen-bond acceptors (Lipinski definition) is 3. The monoisotopic (exact) mass is 312 g/mol. The molecule has 23 heavy (non-hydrogen) atoms. The first-order valence-electron chi connectivity index (χ1n) is 7.38. The minimum atomic E-state index is -0.668. The van der Waals surface area contributed by atoms with Gasteiger partial charge >= 0.3 is 11.8 Å². The van der Waals surface area contributed by atoms with Crippen molar-refractivity contribution in [2.45, 2.75) is 13.8 Å². The summed E-state index contributed by atoms with van der Waals surface area (Å²) in [6.07, 6.45) is 0. The van der Waals surface area contributed by atoms with Crippen molar-refractivity contribution in [3.8, 4) is 5.75 Å². The Hall–Kier alpha value is -2.82. The predicted octanol–water partition coefficient (Wildman–Crippen LogP) is 3.00. The molecule has 0 aliphatic rings. The van der Waals surface area contributed by atoms with Gasteiger partial charge in [-0.1, -0.05) is 12.1 Å². The van der Waals surface area contributed by atoms with E-state index >= 15 is 0 Å². The predicted molar refractivity (Wildman–Crippen MR) is 90.8 cm³/mol. The molecule has 0 aliphatic heterocycles. The largest absolute Gasteiger partial charge is 0.497 e. The Morgan fingerprint density at radius 3 is 2.39 bits per heavy atom. The Morgan fingerprint density at radius 1 is 1.13 bits per heavy atom. The summed E-state index contributed by atoms with van der Waals surface area (Å²) in [6.45, 7) is 4.19. The lowest BCUT2D eigenvalue weighted by Crippen LogP contribution is -2.39. The fraction of sp³-hybridized carbons (Fsp3) is 0.222. The summed E-state index contributed by atoms with van der Waals surface area (Å²) < 4.78 is 5.06. The highest BCUT2D eigenvalue weighted by molar-refractivity contribution is 6.44. The Labute approximate surface area is 135 Å². The molecule has 0 saturated carbocycles. The minimum absolute atomic E-state index is 0.415. The fourth-order valence-electron chi connectivity index (χ4n) is 2.22. The quantitative estimate of drug-likeness (QED) is 0.883. The Bertz CT molecular complexity index is 696. The highest BCUT2D eigenvalue weighted by Gasteiger charge is 2.22. The van der Waals surface area contributed by atoms with Gasteiger partial charge in [-0.05, 0) is 55.8 Å². The van der Waals surface area contributed by atoms with Crippen LogP contribution in [0.4, 0.5) is 11.4 Å². The van der Waals surface area contributed by atoms with Crippen LogP contribution in [0.5, 0.6) is 5.75 Å². The maximum absolute atomic E-state index is 12.4. The van der Waals surface area contributed by atoms with E-state index in [1.165, 1.54) is 4.90 Å². The molecular formula is C18H20N2O3. The zero-order valence-corrected chi connectivity index (χ0v) is 13.5. The van der Waals surface area contributed by atoms with Gasteiger partial charge in [-0.2, -0.15) is 0 Å². The Kier molecular flexibility index (Phi) is 5.36. The van der Waals surface area contributed by atoms with E-state index in [9.17, 15) is 9.59 Å². The van der Waals surface area contributed by atoms with Crippen LogP contribution in [-0.2, 0) is 9.59 Å². The van der Waals surface area contributed by atoms with Gasteiger partial charge in [0.1, 0.15) is 5.75 Å². The number of carbonyl (C=O) groups is 2. The first-order valence-corrected chi connectivity index (χ1v) is 7.38. The molecule has 5 nitrogen and oxygen atoms in total. The molecule has 2 aromatic carbocycles. The lowest BCUT2D eigenvalue weighted by molar-refractivity contribution is -0.134. The Morgan fingerprint density at radius 2 is 1.83 bits per heavy atom. The van der Waals surface area contributed by atoms with Gasteiger partial charge in [-0.25, -0.2) is 0 Å². The highest BCUT2D eigenvalue weighted by Crippen LogP contribution is 2.18. The van der Waals surface area contributed by atoms with E-state index in [1.807, 2.05) is 38.1 Å². The summed E-state index contributed by atoms with van der Waals surface area (Å²) in [5, 5.41) is 2.61. The zero-order chi connectivity index (χ0) is 16.8. The number of ether oxygens (including phenoxy) is 1. The number of nitrogens with one attached hydrogen (secondary N) is 1. The summed E-state index contributed by atoms with van der Waals surface area (Å²) in [5.41, 5.74) is 2.29. The topological polar surface area (TPSA) is 58.6 Å². The maximum Gasteiger partial charge on any atom is 0.316 e. The molecule has 2 rings (SSSR count). The second-order valence-corrected chi connectivity index (χ2v) is 5.07. The van der Waals surface area contributed by atoms with Crippen molar-refractivity contribution in [3.63, 3.8) is 0 Å². The first kappa shape index (κ1) is 16.5. The average molecular weight is 312 g/mol. The number of nitrogens with zero attached hydrogens (tertiary/aromatic N) is 1. The van der Waals surface area contributed by atoms with Gasteiger partial charge in [0.2, 0.25) is 0 Å².